The molecule has 0 unspecified atom stereocenters. The Balaban J connectivity index is 3.85. The molecule has 0 amide bonds. The van der Waals surface area contributed by atoms with Gasteiger partial charge in [0.25, 0.3) is 0 Å². The number of rotatable bonds is 4. The van der Waals surface area contributed by atoms with Crippen LogP contribution in [-0.4, -0.2) is 0 Å². The molecule has 0 radical (unpaired) electrons. The van der Waals surface area contributed by atoms with Crippen LogP contribution in [0.25, 0.3) is 0 Å². The van der Waals surface area contributed by atoms with Gasteiger partial charge in [0.05, 0.1) is 0 Å². The first kappa shape index (κ1) is 9.48. The zero-order valence-electron chi connectivity index (χ0n) is 7.41. The summed E-state index contributed by atoms with van der Waals surface area (Å²) in [5.41, 5.74) is 2.82. The van der Waals surface area contributed by atoms with E-state index in [0.29, 0.717) is 0 Å². The first-order chi connectivity index (χ1) is 4.72. The van der Waals surface area contributed by atoms with E-state index in [0.717, 1.165) is 0 Å². The molecule has 0 heterocycles. The van der Waals surface area contributed by atoms with Crippen molar-refractivity contribution >= 4 is 0 Å². The van der Waals surface area contributed by atoms with Crippen molar-refractivity contribution in [1.29, 1.82) is 0 Å². The Morgan fingerprint density at radius 2 is 2.00 bits per heavy atom. The second-order valence-corrected chi connectivity index (χ2v) is 2.83. The third kappa shape index (κ3) is 3.49. The largest absolute Gasteiger partial charge is 0.0988 e. The molecule has 0 rings (SSSR count). The monoisotopic (exact) mass is 138 g/mol. The van der Waals surface area contributed by atoms with Gasteiger partial charge in [-0.25, -0.2) is 0 Å². The fourth-order valence-electron chi connectivity index (χ4n) is 0.923. The first-order valence-corrected chi connectivity index (χ1v) is 4.01. The molecule has 0 atom stereocenters. The summed E-state index contributed by atoms with van der Waals surface area (Å²) in [5, 5.41) is 0. The van der Waals surface area contributed by atoms with E-state index < -0.39 is 0 Å². The molecule has 0 N–H and O–H groups in total. The van der Waals surface area contributed by atoms with Crippen molar-refractivity contribution in [3.8, 4) is 0 Å². The Morgan fingerprint density at radius 1 is 1.40 bits per heavy atom. The molecule has 10 heavy (non-hydrogen) atoms. The average Bonchev–Trinajstić information content (AvgIpc) is 1.89. The minimum absolute atomic E-state index is 1.20. The Bertz CT molecular complexity index is 125. The Hall–Kier alpha value is -0.520. The van der Waals surface area contributed by atoms with Crippen molar-refractivity contribution in [1.82, 2.24) is 0 Å². The molecule has 0 spiro atoms. The Kier molecular flexibility index (Phi) is 5.00. The fraction of sp³-hybridized carbons (Fsp3) is 0.600. The van der Waals surface area contributed by atoms with Crippen LogP contribution in [0.2, 0.25) is 0 Å². The summed E-state index contributed by atoms with van der Waals surface area (Å²) in [6.07, 6.45) is 5.73. The average molecular weight is 138 g/mol. The molecule has 0 saturated carbocycles. The van der Waals surface area contributed by atoms with Crippen molar-refractivity contribution in [2.75, 3.05) is 0 Å². The SMILES string of the molecule is C=CC(CCCC)=C(C)C. The van der Waals surface area contributed by atoms with Crippen LogP contribution < -0.4 is 0 Å². The van der Waals surface area contributed by atoms with Crippen LogP contribution in [0.5, 0.6) is 0 Å². The molecule has 0 saturated heterocycles. The third-order valence-electron chi connectivity index (χ3n) is 1.69. The summed E-state index contributed by atoms with van der Waals surface area (Å²) in [7, 11) is 0. The lowest BCUT2D eigenvalue weighted by atomic mass is 10.0. The lowest BCUT2D eigenvalue weighted by molar-refractivity contribution is 0.792. The first-order valence-electron chi connectivity index (χ1n) is 4.01. The predicted molar refractivity (Wildman–Crippen MR) is 48.1 cm³/mol. The van der Waals surface area contributed by atoms with E-state index in [-0.39, 0.29) is 0 Å². The lowest BCUT2D eigenvalue weighted by Crippen LogP contribution is -1.81. The van der Waals surface area contributed by atoms with E-state index in [1.807, 2.05) is 6.08 Å². The highest BCUT2D eigenvalue weighted by molar-refractivity contribution is 5.21. The lowest BCUT2D eigenvalue weighted by Gasteiger charge is -2.01. The van der Waals surface area contributed by atoms with Crippen LogP contribution in [0.15, 0.2) is 23.8 Å². The van der Waals surface area contributed by atoms with Crippen LogP contribution in [0, 0.1) is 0 Å². The summed E-state index contributed by atoms with van der Waals surface area (Å²) < 4.78 is 0. The summed E-state index contributed by atoms with van der Waals surface area (Å²) >= 11 is 0. The summed E-state index contributed by atoms with van der Waals surface area (Å²) in [5.74, 6) is 0. The van der Waals surface area contributed by atoms with Gasteiger partial charge in [-0.15, -0.1) is 0 Å². The fourth-order valence-corrected chi connectivity index (χ4v) is 0.923. The van der Waals surface area contributed by atoms with Crippen molar-refractivity contribution in [2.45, 2.75) is 40.0 Å². The topological polar surface area (TPSA) is 0 Å². The van der Waals surface area contributed by atoms with Gasteiger partial charge in [-0.05, 0) is 32.3 Å². The maximum atomic E-state index is 3.78. The van der Waals surface area contributed by atoms with Gasteiger partial charge in [-0.1, -0.05) is 31.6 Å². The molecule has 0 fully saturated rings. The van der Waals surface area contributed by atoms with Crippen molar-refractivity contribution < 1.29 is 0 Å². The van der Waals surface area contributed by atoms with E-state index in [4.69, 9.17) is 0 Å². The van der Waals surface area contributed by atoms with Crippen molar-refractivity contribution in [2.24, 2.45) is 0 Å². The highest BCUT2D eigenvalue weighted by atomic mass is 14.0. The Labute approximate surface area is 64.6 Å². The van der Waals surface area contributed by atoms with E-state index in [2.05, 4.69) is 27.4 Å². The molecule has 0 aromatic rings. The molecular formula is C10H18. The second-order valence-electron chi connectivity index (χ2n) is 2.83. The molecule has 0 aromatic heterocycles. The zero-order valence-corrected chi connectivity index (χ0v) is 7.41. The number of allylic oxidation sites excluding steroid dienone is 3. The molecule has 0 aliphatic heterocycles. The van der Waals surface area contributed by atoms with Gasteiger partial charge in [0.15, 0.2) is 0 Å². The zero-order chi connectivity index (χ0) is 7.98. The highest BCUT2D eigenvalue weighted by Gasteiger charge is 1.92. The number of hydrogen-bond acceptors (Lipinski definition) is 0. The van der Waals surface area contributed by atoms with Crippen LogP contribution in [0.3, 0.4) is 0 Å². The molecule has 0 aromatic carbocycles. The maximum Gasteiger partial charge on any atom is -0.0280 e. The van der Waals surface area contributed by atoms with Crippen LogP contribution >= 0.6 is 0 Å². The molecule has 0 aliphatic rings. The smallest absolute Gasteiger partial charge is 0.0280 e. The molecule has 0 bridgehead atoms. The normalized spacial score (nSPS) is 9.10. The molecule has 0 aliphatic carbocycles. The molecule has 0 nitrogen and oxygen atoms in total. The second kappa shape index (κ2) is 5.28. The van der Waals surface area contributed by atoms with E-state index in [1.54, 1.807) is 0 Å². The maximum absolute atomic E-state index is 3.78. The quantitative estimate of drug-likeness (QED) is 0.520. The number of unbranched alkanes of at least 4 members (excludes halogenated alkanes) is 1. The summed E-state index contributed by atoms with van der Waals surface area (Å²) in [6, 6.07) is 0. The Morgan fingerprint density at radius 3 is 2.30 bits per heavy atom. The van der Waals surface area contributed by atoms with Gasteiger partial charge >= 0.3 is 0 Å². The minimum atomic E-state index is 1.20. The molecule has 58 valence electrons. The van der Waals surface area contributed by atoms with Crippen molar-refractivity contribution in [3.63, 3.8) is 0 Å². The predicted octanol–water partition coefficient (Wildman–Crippen LogP) is 3.70. The van der Waals surface area contributed by atoms with E-state index >= 15 is 0 Å². The number of hydrogen-bond donors (Lipinski definition) is 0. The minimum Gasteiger partial charge on any atom is -0.0988 e. The van der Waals surface area contributed by atoms with Gasteiger partial charge in [-0.2, -0.15) is 0 Å². The van der Waals surface area contributed by atoms with Gasteiger partial charge in [0, 0.05) is 0 Å². The van der Waals surface area contributed by atoms with Gasteiger partial charge < -0.3 is 0 Å². The van der Waals surface area contributed by atoms with E-state index in [1.165, 1.54) is 30.4 Å². The van der Waals surface area contributed by atoms with Gasteiger partial charge in [0.1, 0.15) is 0 Å². The van der Waals surface area contributed by atoms with Crippen LogP contribution in [0.1, 0.15) is 40.0 Å². The summed E-state index contributed by atoms with van der Waals surface area (Å²) in [4.78, 5) is 0. The summed E-state index contributed by atoms with van der Waals surface area (Å²) in [6.45, 7) is 10.3. The van der Waals surface area contributed by atoms with Crippen LogP contribution in [0.4, 0.5) is 0 Å². The van der Waals surface area contributed by atoms with Gasteiger partial charge in [-0.3, -0.25) is 0 Å². The highest BCUT2D eigenvalue weighted by Crippen LogP contribution is 2.12. The van der Waals surface area contributed by atoms with E-state index in [9.17, 15) is 0 Å². The standard InChI is InChI=1S/C10H18/c1-5-7-8-10(6-2)9(3)4/h6H,2,5,7-8H2,1,3-4H3. The molecular weight excluding hydrogens is 120 g/mol. The van der Waals surface area contributed by atoms with Crippen molar-refractivity contribution in [3.05, 3.63) is 23.8 Å². The van der Waals surface area contributed by atoms with Crippen LogP contribution in [-0.2, 0) is 0 Å². The third-order valence-corrected chi connectivity index (χ3v) is 1.69. The molecule has 0 heteroatoms. The van der Waals surface area contributed by atoms with Gasteiger partial charge in [0.2, 0.25) is 0 Å².